The van der Waals surface area contributed by atoms with Crippen LogP contribution in [0.5, 0.6) is 0 Å². The van der Waals surface area contributed by atoms with Gasteiger partial charge in [-0.15, -0.1) is 0 Å². The van der Waals surface area contributed by atoms with Gasteiger partial charge in [-0.05, 0) is 31.4 Å². The van der Waals surface area contributed by atoms with E-state index in [0.29, 0.717) is 0 Å². The lowest BCUT2D eigenvalue weighted by Gasteiger charge is -2.29. The third kappa shape index (κ3) is 4.70. The van der Waals surface area contributed by atoms with Crippen molar-refractivity contribution in [2.45, 2.75) is 38.3 Å². The molecule has 1 aliphatic rings. The first-order valence-electron chi connectivity index (χ1n) is 10.3. The first-order valence-corrected chi connectivity index (χ1v) is 10.3. The van der Waals surface area contributed by atoms with E-state index in [-0.39, 0.29) is 6.10 Å². The number of aliphatic hydroxyl groups excluding tert-OH is 1. The van der Waals surface area contributed by atoms with Crippen molar-refractivity contribution in [3.63, 3.8) is 0 Å². The second-order valence-electron chi connectivity index (χ2n) is 7.69. The van der Waals surface area contributed by atoms with Crippen LogP contribution >= 0.6 is 0 Å². The smallest absolute Gasteiger partial charge is 0.0956 e. The minimum Gasteiger partial charge on any atom is -0.393 e. The molecular formula is C24H29N3O. The zero-order chi connectivity index (χ0) is 19.2. The van der Waals surface area contributed by atoms with Crippen LogP contribution in [0, 0.1) is 0 Å². The number of aliphatic hydroxyl groups is 1. The fourth-order valence-corrected chi connectivity index (χ4v) is 4.02. The van der Waals surface area contributed by atoms with E-state index in [1.54, 1.807) is 0 Å². The predicted octanol–water partition coefficient (Wildman–Crippen LogP) is 3.99. The van der Waals surface area contributed by atoms with E-state index in [4.69, 9.17) is 4.98 Å². The van der Waals surface area contributed by atoms with E-state index >= 15 is 0 Å². The van der Waals surface area contributed by atoms with Gasteiger partial charge in [-0.1, -0.05) is 60.7 Å². The number of likely N-dealkylation sites (tertiary alicyclic amines) is 1. The van der Waals surface area contributed by atoms with Crippen molar-refractivity contribution in [2.24, 2.45) is 0 Å². The maximum Gasteiger partial charge on any atom is 0.0956 e. The summed E-state index contributed by atoms with van der Waals surface area (Å²) in [6.45, 7) is 4.08. The Hall–Kier alpha value is -2.43. The lowest BCUT2D eigenvalue weighted by atomic mass is 10.0. The van der Waals surface area contributed by atoms with Crippen LogP contribution in [0.3, 0.4) is 0 Å². The molecule has 3 aromatic rings. The SMILES string of the molecule is OC1CCN(CCCn2cnc(-c3ccccc3)c2Cc2ccccc2)CC1. The number of benzene rings is 2. The highest BCUT2D eigenvalue weighted by molar-refractivity contribution is 5.62. The highest BCUT2D eigenvalue weighted by atomic mass is 16.3. The molecule has 1 aromatic heterocycles. The van der Waals surface area contributed by atoms with Gasteiger partial charge in [-0.2, -0.15) is 0 Å². The Morgan fingerprint density at radius 2 is 1.57 bits per heavy atom. The molecule has 146 valence electrons. The standard InChI is InChI=1S/C24H29N3O/c28-22-12-16-26(17-13-22)14-7-15-27-19-25-24(21-10-5-2-6-11-21)23(27)18-20-8-3-1-4-9-20/h1-6,8-11,19,22,28H,7,12-18H2. The van der Waals surface area contributed by atoms with E-state index in [1.165, 1.54) is 16.8 Å². The van der Waals surface area contributed by atoms with Gasteiger partial charge < -0.3 is 14.6 Å². The molecule has 0 spiro atoms. The molecule has 2 heterocycles. The predicted molar refractivity (Wildman–Crippen MR) is 113 cm³/mol. The van der Waals surface area contributed by atoms with Crippen LogP contribution in [-0.4, -0.2) is 45.3 Å². The zero-order valence-electron chi connectivity index (χ0n) is 16.4. The van der Waals surface area contributed by atoms with Gasteiger partial charge in [-0.25, -0.2) is 4.98 Å². The normalized spacial score (nSPS) is 15.8. The third-order valence-electron chi connectivity index (χ3n) is 5.64. The average molecular weight is 376 g/mol. The van der Waals surface area contributed by atoms with Gasteiger partial charge in [0.1, 0.15) is 0 Å². The monoisotopic (exact) mass is 375 g/mol. The number of hydrogen-bond donors (Lipinski definition) is 1. The Balaban J connectivity index is 1.49. The second-order valence-corrected chi connectivity index (χ2v) is 7.69. The summed E-state index contributed by atoms with van der Waals surface area (Å²) in [5.74, 6) is 0. The maximum atomic E-state index is 9.68. The van der Waals surface area contributed by atoms with Crippen LogP contribution < -0.4 is 0 Å². The molecule has 1 fully saturated rings. The molecule has 0 aliphatic carbocycles. The quantitative estimate of drug-likeness (QED) is 0.679. The van der Waals surface area contributed by atoms with Gasteiger partial charge in [0.25, 0.3) is 0 Å². The molecule has 0 atom stereocenters. The molecule has 0 saturated carbocycles. The molecule has 0 unspecified atom stereocenters. The van der Waals surface area contributed by atoms with E-state index in [1.807, 2.05) is 12.4 Å². The van der Waals surface area contributed by atoms with E-state index in [9.17, 15) is 5.11 Å². The summed E-state index contributed by atoms with van der Waals surface area (Å²) in [5, 5.41) is 9.68. The average Bonchev–Trinajstić information content (AvgIpc) is 3.13. The maximum absolute atomic E-state index is 9.68. The lowest BCUT2D eigenvalue weighted by molar-refractivity contribution is 0.0815. The molecule has 0 bridgehead atoms. The Morgan fingerprint density at radius 3 is 2.29 bits per heavy atom. The molecule has 0 amide bonds. The Labute approximate surface area is 167 Å². The highest BCUT2D eigenvalue weighted by Crippen LogP contribution is 2.25. The van der Waals surface area contributed by atoms with Crippen molar-refractivity contribution in [3.05, 3.63) is 78.2 Å². The van der Waals surface area contributed by atoms with Gasteiger partial charge in [0.2, 0.25) is 0 Å². The summed E-state index contributed by atoms with van der Waals surface area (Å²) >= 11 is 0. The number of hydrogen-bond acceptors (Lipinski definition) is 3. The van der Waals surface area contributed by atoms with Crippen LogP contribution in [0.15, 0.2) is 67.0 Å². The first kappa shape index (κ1) is 18.9. The van der Waals surface area contributed by atoms with Gasteiger partial charge in [-0.3, -0.25) is 0 Å². The zero-order valence-corrected chi connectivity index (χ0v) is 16.4. The first-order chi connectivity index (χ1) is 13.8. The van der Waals surface area contributed by atoms with E-state index < -0.39 is 0 Å². The number of nitrogens with zero attached hydrogens (tertiary/aromatic N) is 3. The second kappa shape index (κ2) is 9.18. The molecule has 0 radical (unpaired) electrons. The van der Waals surface area contributed by atoms with E-state index in [0.717, 1.165) is 57.6 Å². The van der Waals surface area contributed by atoms with Crippen LogP contribution in [0.25, 0.3) is 11.3 Å². The van der Waals surface area contributed by atoms with Crippen molar-refractivity contribution in [1.29, 1.82) is 0 Å². The van der Waals surface area contributed by atoms with Crippen molar-refractivity contribution in [3.8, 4) is 11.3 Å². The van der Waals surface area contributed by atoms with Crippen LogP contribution in [0.1, 0.15) is 30.5 Å². The topological polar surface area (TPSA) is 41.3 Å². The fraction of sp³-hybridized carbons (Fsp3) is 0.375. The molecule has 1 N–H and O–H groups in total. The van der Waals surface area contributed by atoms with Crippen molar-refractivity contribution in [1.82, 2.24) is 14.5 Å². The molecule has 4 heteroatoms. The Morgan fingerprint density at radius 1 is 0.893 bits per heavy atom. The van der Waals surface area contributed by atoms with Crippen molar-refractivity contribution >= 4 is 0 Å². The summed E-state index contributed by atoms with van der Waals surface area (Å²) in [5.41, 5.74) is 4.86. The van der Waals surface area contributed by atoms with Crippen LogP contribution in [0.4, 0.5) is 0 Å². The number of aryl methyl sites for hydroxylation is 1. The molecule has 2 aromatic carbocycles. The van der Waals surface area contributed by atoms with Gasteiger partial charge in [0, 0.05) is 37.3 Å². The van der Waals surface area contributed by atoms with Crippen molar-refractivity contribution in [2.75, 3.05) is 19.6 Å². The summed E-state index contributed by atoms with van der Waals surface area (Å²) in [7, 11) is 0. The minimum atomic E-state index is -0.101. The highest BCUT2D eigenvalue weighted by Gasteiger charge is 2.17. The number of aromatic nitrogens is 2. The summed E-state index contributed by atoms with van der Waals surface area (Å²) < 4.78 is 2.33. The van der Waals surface area contributed by atoms with Crippen LogP contribution in [-0.2, 0) is 13.0 Å². The van der Waals surface area contributed by atoms with Gasteiger partial charge >= 0.3 is 0 Å². The minimum absolute atomic E-state index is 0.101. The molecule has 1 saturated heterocycles. The van der Waals surface area contributed by atoms with Gasteiger partial charge in [0.15, 0.2) is 0 Å². The number of rotatable bonds is 7. The lowest BCUT2D eigenvalue weighted by Crippen LogP contribution is -2.36. The molecular weight excluding hydrogens is 346 g/mol. The fourth-order valence-electron chi connectivity index (χ4n) is 4.02. The summed E-state index contributed by atoms with van der Waals surface area (Å²) in [6, 6.07) is 21.1. The number of piperidine rings is 1. The van der Waals surface area contributed by atoms with Crippen LogP contribution in [0.2, 0.25) is 0 Å². The van der Waals surface area contributed by atoms with Gasteiger partial charge in [0.05, 0.1) is 18.1 Å². The number of imidazole rings is 1. The summed E-state index contributed by atoms with van der Waals surface area (Å²) in [4.78, 5) is 7.25. The molecule has 28 heavy (non-hydrogen) atoms. The molecule has 1 aliphatic heterocycles. The van der Waals surface area contributed by atoms with E-state index in [2.05, 4.69) is 64.1 Å². The third-order valence-corrected chi connectivity index (χ3v) is 5.64. The Bertz CT molecular complexity index is 852. The largest absolute Gasteiger partial charge is 0.393 e. The Kier molecular flexibility index (Phi) is 6.20. The molecule has 4 nitrogen and oxygen atoms in total. The summed E-state index contributed by atoms with van der Waals surface area (Å²) in [6.07, 6.45) is 5.70. The molecule has 4 rings (SSSR count). The van der Waals surface area contributed by atoms with Crippen molar-refractivity contribution < 1.29 is 5.11 Å².